The predicted molar refractivity (Wildman–Crippen MR) is 66.8 cm³/mol. The third-order valence-electron chi connectivity index (χ3n) is 3.20. The van der Waals surface area contributed by atoms with Crippen LogP contribution < -0.4 is 10.6 Å². The fourth-order valence-electron chi connectivity index (χ4n) is 2.20. The highest BCUT2D eigenvalue weighted by Crippen LogP contribution is 2.35. The minimum atomic E-state index is -0.546. The highest BCUT2D eigenvalue weighted by molar-refractivity contribution is 6.04. The van der Waals surface area contributed by atoms with Crippen LogP contribution in [0.4, 0.5) is 5.69 Å². The van der Waals surface area contributed by atoms with Crippen molar-refractivity contribution in [2.24, 2.45) is 5.73 Å². The SMILES string of the molecule is CCc1ccc2c(c1)C(N)C(=O)N2CCCO. The molecule has 0 aliphatic carbocycles. The molecule has 3 N–H and O–H groups in total. The minimum Gasteiger partial charge on any atom is -0.396 e. The minimum absolute atomic E-state index is 0.0679. The molecule has 1 unspecified atom stereocenters. The van der Waals surface area contributed by atoms with E-state index in [4.69, 9.17) is 10.8 Å². The molecular weight excluding hydrogens is 216 g/mol. The van der Waals surface area contributed by atoms with Crippen molar-refractivity contribution in [3.63, 3.8) is 0 Å². The number of nitrogens with zero attached hydrogens (tertiary/aromatic N) is 1. The third kappa shape index (κ3) is 2.06. The first-order valence-corrected chi connectivity index (χ1v) is 5.99. The van der Waals surface area contributed by atoms with Crippen LogP contribution in [0.5, 0.6) is 0 Å². The van der Waals surface area contributed by atoms with Gasteiger partial charge >= 0.3 is 0 Å². The molecule has 2 rings (SSSR count). The summed E-state index contributed by atoms with van der Waals surface area (Å²) in [5.74, 6) is -0.0679. The normalized spacial score (nSPS) is 18.6. The lowest BCUT2D eigenvalue weighted by molar-refractivity contribution is -0.119. The van der Waals surface area contributed by atoms with Crippen LogP contribution >= 0.6 is 0 Å². The average Bonchev–Trinajstić information content (AvgIpc) is 2.60. The zero-order valence-electron chi connectivity index (χ0n) is 10.0. The van der Waals surface area contributed by atoms with Gasteiger partial charge in [-0.2, -0.15) is 0 Å². The summed E-state index contributed by atoms with van der Waals surface area (Å²) in [6.45, 7) is 2.69. The number of hydrogen-bond acceptors (Lipinski definition) is 3. The monoisotopic (exact) mass is 234 g/mol. The number of amides is 1. The van der Waals surface area contributed by atoms with Crippen LogP contribution in [0.3, 0.4) is 0 Å². The van der Waals surface area contributed by atoms with Gasteiger partial charge in [0.1, 0.15) is 6.04 Å². The quantitative estimate of drug-likeness (QED) is 0.816. The van der Waals surface area contributed by atoms with E-state index in [1.807, 2.05) is 18.2 Å². The van der Waals surface area contributed by atoms with Gasteiger partial charge in [-0.3, -0.25) is 4.79 Å². The van der Waals surface area contributed by atoms with Crippen LogP contribution in [0.25, 0.3) is 0 Å². The van der Waals surface area contributed by atoms with E-state index in [0.717, 1.165) is 17.7 Å². The van der Waals surface area contributed by atoms with E-state index in [2.05, 4.69) is 6.92 Å². The van der Waals surface area contributed by atoms with Crippen LogP contribution in [0, 0.1) is 0 Å². The average molecular weight is 234 g/mol. The van der Waals surface area contributed by atoms with Crippen molar-refractivity contribution in [1.82, 2.24) is 0 Å². The summed E-state index contributed by atoms with van der Waals surface area (Å²) in [4.78, 5) is 13.7. The van der Waals surface area contributed by atoms with Crippen LogP contribution in [0.2, 0.25) is 0 Å². The molecule has 0 fully saturated rings. The summed E-state index contributed by atoms with van der Waals surface area (Å²) >= 11 is 0. The highest BCUT2D eigenvalue weighted by atomic mass is 16.3. The Balaban J connectivity index is 2.33. The summed E-state index contributed by atoms with van der Waals surface area (Å²) in [6.07, 6.45) is 1.51. The highest BCUT2D eigenvalue weighted by Gasteiger charge is 2.34. The van der Waals surface area contributed by atoms with Crippen LogP contribution in [-0.4, -0.2) is 24.2 Å². The van der Waals surface area contributed by atoms with Gasteiger partial charge in [0.15, 0.2) is 0 Å². The molecule has 0 saturated carbocycles. The number of fused-ring (bicyclic) bond motifs is 1. The number of aliphatic hydroxyl groups excluding tert-OH is 1. The first-order valence-electron chi connectivity index (χ1n) is 5.99. The maximum atomic E-state index is 12.0. The molecule has 1 atom stereocenters. The van der Waals surface area contributed by atoms with Gasteiger partial charge in [0.2, 0.25) is 5.91 Å². The van der Waals surface area contributed by atoms with Crippen molar-refractivity contribution in [2.75, 3.05) is 18.1 Å². The van der Waals surface area contributed by atoms with Gasteiger partial charge in [0.25, 0.3) is 0 Å². The van der Waals surface area contributed by atoms with Crippen LogP contribution in [0.15, 0.2) is 18.2 Å². The lowest BCUT2D eigenvalue weighted by atomic mass is 10.0. The van der Waals surface area contributed by atoms with Gasteiger partial charge in [-0.25, -0.2) is 0 Å². The number of aryl methyl sites for hydroxylation is 1. The van der Waals surface area contributed by atoms with E-state index in [-0.39, 0.29) is 12.5 Å². The number of carbonyl (C=O) groups excluding carboxylic acids is 1. The number of carbonyl (C=O) groups is 1. The molecule has 4 nitrogen and oxygen atoms in total. The van der Waals surface area contributed by atoms with Crippen molar-refractivity contribution in [2.45, 2.75) is 25.8 Å². The molecule has 0 aromatic heterocycles. The molecular formula is C13H18N2O2. The molecule has 4 heteroatoms. The Kier molecular flexibility index (Phi) is 3.45. The Bertz CT molecular complexity index is 431. The van der Waals surface area contributed by atoms with Crippen LogP contribution in [0.1, 0.15) is 30.5 Å². The fourth-order valence-corrected chi connectivity index (χ4v) is 2.20. The van der Waals surface area contributed by atoms with Crippen molar-refractivity contribution in [1.29, 1.82) is 0 Å². The van der Waals surface area contributed by atoms with E-state index in [0.29, 0.717) is 13.0 Å². The Morgan fingerprint density at radius 3 is 2.88 bits per heavy atom. The number of anilines is 1. The Morgan fingerprint density at radius 2 is 2.24 bits per heavy atom. The smallest absolute Gasteiger partial charge is 0.248 e. The lowest BCUT2D eigenvalue weighted by Crippen LogP contribution is -2.32. The van der Waals surface area contributed by atoms with Gasteiger partial charge in [0, 0.05) is 24.4 Å². The number of rotatable bonds is 4. The van der Waals surface area contributed by atoms with E-state index in [1.165, 1.54) is 5.56 Å². The molecule has 1 heterocycles. The maximum Gasteiger partial charge on any atom is 0.248 e. The molecule has 1 aliphatic heterocycles. The van der Waals surface area contributed by atoms with Gasteiger partial charge in [-0.05, 0) is 24.5 Å². The molecule has 0 radical (unpaired) electrons. The topological polar surface area (TPSA) is 66.6 Å². The van der Waals surface area contributed by atoms with Crippen molar-refractivity contribution in [3.05, 3.63) is 29.3 Å². The third-order valence-corrected chi connectivity index (χ3v) is 3.20. The largest absolute Gasteiger partial charge is 0.396 e. The predicted octanol–water partition coefficient (Wildman–Crippen LogP) is 0.978. The molecule has 1 aromatic carbocycles. The van der Waals surface area contributed by atoms with E-state index < -0.39 is 6.04 Å². The zero-order chi connectivity index (χ0) is 12.4. The molecule has 1 aromatic rings. The molecule has 92 valence electrons. The first kappa shape index (κ1) is 12.1. The Labute approximate surface area is 101 Å². The van der Waals surface area contributed by atoms with E-state index in [1.54, 1.807) is 4.90 Å². The summed E-state index contributed by atoms with van der Waals surface area (Å²) in [5.41, 5.74) is 8.92. The zero-order valence-corrected chi connectivity index (χ0v) is 10.0. The lowest BCUT2D eigenvalue weighted by Gasteiger charge is -2.16. The number of hydrogen-bond donors (Lipinski definition) is 2. The van der Waals surface area contributed by atoms with Crippen molar-refractivity contribution in [3.8, 4) is 0 Å². The van der Waals surface area contributed by atoms with Crippen LogP contribution in [-0.2, 0) is 11.2 Å². The molecule has 1 aliphatic rings. The molecule has 17 heavy (non-hydrogen) atoms. The van der Waals surface area contributed by atoms with E-state index >= 15 is 0 Å². The Morgan fingerprint density at radius 1 is 1.47 bits per heavy atom. The van der Waals surface area contributed by atoms with Gasteiger partial charge in [0.05, 0.1) is 0 Å². The van der Waals surface area contributed by atoms with Gasteiger partial charge in [-0.15, -0.1) is 0 Å². The summed E-state index contributed by atoms with van der Waals surface area (Å²) in [6, 6.07) is 5.44. The van der Waals surface area contributed by atoms with Crippen molar-refractivity contribution < 1.29 is 9.90 Å². The molecule has 0 bridgehead atoms. The summed E-state index contributed by atoms with van der Waals surface area (Å²) in [5, 5.41) is 8.84. The summed E-state index contributed by atoms with van der Waals surface area (Å²) in [7, 11) is 0. The Hall–Kier alpha value is -1.39. The maximum absolute atomic E-state index is 12.0. The van der Waals surface area contributed by atoms with Gasteiger partial charge in [-0.1, -0.05) is 19.1 Å². The fraction of sp³-hybridized carbons (Fsp3) is 0.462. The second kappa shape index (κ2) is 4.85. The number of nitrogens with two attached hydrogens (primary N) is 1. The second-order valence-electron chi connectivity index (χ2n) is 4.29. The second-order valence-corrected chi connectivity index (χ2v) is 4.29. The summed E-state index contributed by atoms with van der Waals surface area (Å²) < 4.78 is 0. The number of aliphatic hydroxyl groups is 1. The van der Waals surface area contributed by atoms with Gasteiger partial charge < -0.3 is 15.7 Å². The molecule has 0 spiro atoms. The molecule has 0 saturated heterocycles. The number of benzene rings is 1. The standard InChI is InChI=1S/C13H18N2O2/c1-2-9-4-5-11-10(8-9)12(14)13(17)15(11)6-3-7-16/h4-5,8,12,16H,2-3,6-7,14H2,1H3. The molecule has 1 amide bonds. The van der Waals surface area contributed by atoms with E-state index in [9.17, 15) is 4.79 Å². The van der Waals surface area contributed by atoms with Crippen molar-refractivity contribution >= 4 is 11.6 Å². The first-order chi connectivity index (χ1) is 8.19.